The van der Waals surface area contributed by atoms with E-state index in [-0.39, 0.29) is 0 Å². The molecule has 0 saturated carbocycles. The van der Waals surface area contributed by atoms with Crippen LogP contribution in [0.3, 0.4) is 0 Å². The van der Waals surface area contributed by atoms with Gasteiger partial charge in [-0.05, 0) is 22.0 Å². The van der Waals surface area contributed by atoms with E-state index in [1.54, 1.807) is 19.4 Å². The SMILES string of the molecule is COCCOCCNc1ncc(Cl)cc1Br. The number of hydrogen-bond donors (Lipinski definition) is 1. The maximum Gasteiger partial charge on any atom is 0.140 e. The highest BCUT2D eigenvalue weighted by atomic mass is 79.9. The summed E-state index contributed by atoms with van der Waals surface area (Å²) in [6.07, 6.45) is 1.60. The highest BCUT2D eigenvalue weighted by molar-refractivity contribution is 9.10. The van der Waals surface area contributed by atoms with Crippen molar-refractivity contribution in [1.29, 1.82) is 0 Å². The van der Waals surface area contributed by atoms with Gasteiger partial charge in [-0.15, -0.1) is 0 Å². The molecule has 0 aromatic carbocycles. The molecule has 1 aromatic rings. The molecule has 0 bridgehead atoms. The zero-order valence-corrected chi connectivity index (χ0v) is 11.3. The lowest BCUT2D eigenvalue weighted by molar-refractivity contribution is 0.0759. The van der Waals surface area contributed by atoms with Gasteiger partial charge in [-0.3, -0.25) is 0 Å². The number of nitrogens with zero attached hydrogens (tertiary/aromatic N) is 1. The molecule has 0 spiro atoms. The quantitative estimate of drug-likeness (QED) is 0.786. The third kappa shape index (κ3) is 5.12. The van der Waals surface area contributed by atoms with Gasteiger partial charge in [0.1, 0.15) is 5.82 Å². The number of halogens is 2. The van der Waals surface area contributed by atoms with Crippen LogP contribution in [-0.4, -0.2) is 38.5 Å². The first-order valence-electron chi connectivity index (χ1n) is 4.85. The van der Waals surface area contributed by atoms with E-state index in [1.165, 1.54) is 0 Å². The molecule has 1 heterocycles. The van der Waals surface area contributed by atoms with Crippen molar-refractivity contribution in [2.45, 2.75) is 0 Å². The average Bonchev–Trinajstić information content (AvgIpc) is 2.26. The second-order valence-electron chi connectivity index (χ2n) is 3.02. The van der Waals surface area contributed by atoms with Crippen LogP contribution in [0.25, 0.3) is 0 Å². The molecular weight excluding hydrogens is 295 g/mol. The molecule has 0 amide bonds. The van der Waals surface area contributed by atoms with Gasteiger partial charge in [-0.1, -0.05) is 11.6 Å². The molecule has 1 N–H and O–H groups in total. The molecule has 0 aliphatic rings. The average molecular weight is 310 g/mol. The predicted octanol–water partition coefficient (Wildman–Crippen LogP) is 2.57. The van der Waals surface area contributed by atoms with E-state index in [9.17, 15) is 0 Å². The van der Waals surface area contributed by atoms with Crippen molar-refractivity contribution < 1.29 is 9.47 Å². The van der Waals surface area contributed by atoms with Gasteiger partial charge in [0.25, 0.3) is 0 Å². The third-order valence-electron chi connectivity index (χ3n) is 1.78. The number of aromatic nitrogens is 1. The van der Waals surface area contributed by atoms with Gasteiger partial charge in [0, 0.05) is 19.9 Å². The fraction of sp³-hybridized carbons (Fsp3) is 0.500. The molecule has 0 unspecified atom stereocenters. The molecule has 0 atom stereocenters. The van der Waals surface area contributed by atoms with Crippen LogP contribution in [0, 0.1) is 0 Å². The first-order chi connectivity index (χ1) is 7.74. The number of nitrogens with one attached hydrogen (secondary N) is 1. The third-order valence-corrected chi connectivity index (χ3v) is 2.59. The zero-order chi connectivity index (χ0) is 11.8. The summed E-state index contributed by atoms with van der Waals surface area (Å²) in [4.78, 5) is 4.14. The minimum atomic E-state index is 0.605. The van der Waals surface area contributed by atoms with Crippen LogP contribution >= 0.6 is 27.5 Å². The highest BCUT2D eigenvalue weighted by Crippen LogP contribution is 2.22. The largest absolute Gasteiger partial charge is 0.382 e. The molecule has 0 radical (unpaired) electrons. The minimum Gasteiger partial charge on any atom is -0.382 e. The second-order valence-corrected chi connectivity index (χ2v) is 4.31. The summed E-state index contributed by atoms with van der Waals surface area (Å²) in [5, 5.41) is 3.74. The number of ether oxygens (including phenoxy) is 2. The molecule has 4 nitrogen and oxygen atoms in total. The second kappa shape index (κ2) is 7.84. The first-order valence-corrected chi connectivity index (χ1v) is 6.02. The number of rotatable bonds is 7. The molecule has 1 aromatic heterocycles. The number of methoxy groups -OCH3 is 1. The van der Waals surface area contributed by atoms with Gasteiger partial charge in [0.05, 0.1) is 29.3 Å². The van der Waals surface area contributed by atoms with E-state index in [2.05, 4.69) is 26.2 Å². The van der Waals surface area contributed by atoms with E-state index in [1.807, 2.05) is 0 Å². The normalized spacial score (nSPS) is 10.4. The fourth-order valence-corrected chi connectivity index (χ4v) is 1.81. The van der Waals surface area contributed by atoms with E-state index in [4.69, 9.17) is 21.1 Å². The molecule has 6 heteroatoms. The van der Waals surface area contributed by atoms with Crippen molar-refractivity contribution >= 4 is 33.3 Å². The number of pyridine rings is 1. The number of anilines is 1. The standard InChI is InChI=1S/C10H14BrClN2O2/c1-15-4-5-16-3-2-13-10-9(11)6-8(12)7-14-10/h6-7H,2-5H2,1H3,(H,13,14). The highest BCUT2D eigenvalue weighted by Gasteiger charge is 2.00. The fourth-order valence-electron chi connectivity index (χ4n) is 1.03. The van der Waals surface area contributed by atoms with E-state index in [0.29, 0.717) is 31.4 Å². The molecule has 0 aliphatic heterocycles. The predicted molar refractivity (Wildman–Crippen MR) is 68.1 cm³/mol. The number of hydrogen-bond acceptors (Lipinski definition) is 4. The van der Waals surface area contributed by atoms with Crippen molar-refractivity contribution in [1.82, 2.24) is 4.98 Å². The van der Waals surface area contributed by atoms with E-state index < -0.39 is 0 Å². The van der Waals surface area contributed by atoms with Gasteiger partial charge in [-0.2, -0.15) is 0 Å². The van der Waals surface area contributed by atoms with Gasteiger partial charge in [0.2, 0.25) is 0 Å². The Bertz CT molecular complexity index is 326. The lowest BCUT2D eigenvalue weighted by Crippen LogP contribution is -2.12. The van der Waals surface area contributed by atoms with Crippen LogP contribution in [-0.2, 0) is 9.47 Å². The maximum absolute atomic E-state index is 5.78. The van der Waals surface area contributed by atoms with E-state index in [0.717, 1.165) is 10.3 Å². The summed E-state index contributed by atoms with van der Waals surface area (Å²) in [6.45, 7) is 2.52. The Morgan fingerprint density at radius 2 is 2.25 bits per heavy atom. The van der Waals surface area contributed by atoms with Gasteiger partial charge >= 0.3 is 0 Å². The molecular formula is C10H14BrClN2O2. The molecule has 16 heavy (non-hydrogen) atoms. The molecule has 1 rings (SSSR count). The van der Waals surface area contributed by atoms with Crippen molar-refractivity contribution in [2.75, 3.05) is 38.8 Å². The van der Waals surface area contributed by atoms with Crippen molar-refractivity contribution in [3.05, 3.63) is 21.8 Å². The maximum atomic E-state index is 5.78. The Kier molecular flexibility index (Phi) is 6.71. The van der Waals surface area contributed by atoms with E-state index >= 15 is 0 Å². The molecule has 0 aliphatic carbocycles. The Morgan fingerprint density at radius 3 is 2.94 bits per heavy atom. The van der Waals surface area contributed by atoms with Crippen LogP contribution in [0.4, 0.5) is 5.82 Å². The summed E-state index contributed by atoms with van der Waals surface area (Å²) < 4.78 is 11.0. The lowest BCUT2D eigenvalue weighted by atomic mass is 10.4. The monoisotopic (exact) mass is 308 g/mol. The van der Waals surface area contributed by atoms with Crippen molar-refractivity contribution in [3.63, 3.8) is 0 Å². The van der Waals surface area contributed by atoms with Crippen LogP contribution in [0.5, 0.6) is 0 Å². The summed E-state index contributed by atoms with van der Waals surface area (Å²) in [5.41, 5.74) is 0. The lowest BCUT2D eigenvalue weighted by Gasteiger charge is -2.08. The Morgan fingerprint density at radius 1 is 1.44 bits per heavy atom. The summed E-state index contributed by atoms with van der Waals surface area (Å²) in [7, 11) is 1.65. The van der Waals surface area contributed by atoms with Crippen LogP contribution in [0.2, 0.25) is 5.02 Å². The minimum absolute atomic E-state index is 0.605. The molecule has 90 valence electrons. The Balaban J connectivity index is 2.21. The van der Waals surface area contributed by atoms with Crippen molar-refractivity contribution in [3.8, 4) is 0 Å². The molecule has 0 saturated heterocycles. The summed E-state index contributed by atoms with van der Waals surface area (Å²) in [5.74, 6) is 0.764. The smallest absolute Gasteiger partial charge is 0.140 e. The Labute approximate surface area is 108 Å². The Hall–Kier alpha value is -0.360. The van der Waals surface area contributed by atoms with Crippen LogP contribution in [0.15, 0.2) is 16.7 Å². The summed E-state index contributed by atoms with van der Waals surface area (Å²) >= 11 is 9.15. The topological polar surface area (TPSA) is 43.4 Å². The summed E-state index contributed by atoms with van der Waals surface area (Å²) in [6, 6.07) is 1.79. The van der Waals surface area contributed by atoms with Crippen LogP contribution < -0.4 is 5.32 Å². The van der Waals surface area contributed by atoms with Crippen LogP contribution in [0.1, 0.15) is 0 Å². The van der Waals surface area contributed by atoms with Crippen molar-refractivity contribution in [2.24, 2.45) is 0 Å². The van der Waals surface area contributed by atoms with Gasteiger partial charge < -0.3 is 14.8 Å². The van der Waals surface area contributed by atoms with Gasteiger partial charge in [-0.25, -0.2) is 4.98 Å². The zero-order valence-electron chi connectivity index (χ0n) is 9.00. The molecule has 0 fully saturated rings. The first kappa shape index (κ1) is 13.7. The van der Waals surface area contributed by atoms with Gasteiger partial charge in [0.15, 0.2) is 0 Å².